The van der Waals surface area contributed by atoms with Gasteiger partial charge in [0.2, 0.25) is 5.91 Å². The molecule has 1 aliphatic heterocycles. The van der Waals surface area contributed by atoms with Gasteiger partial charge in [-0.3, -0.25) is 4.79 Å². The lowest BCUT2D eigenvalue weighted by Gasteiger charge is -2.34. The van der Waals surface area contributed by atoms with E-state index >= 15 is 0 Å². The third kappa shape index (κ3) is 4.31. The zero-order chi connectivity index (χ0) is 17.9. The van der Waals surface area contributed by atoms with Gasteiger partial charge in [0.15, 0.2) is 0 Å². The number of amides is 1. The minimum atomic E-state index is -4.46. The Morgan fingerprint density at radius 1 is 1.40 bits per heavy atom. The predicted octanol–water partition coefficient (Wildman–Crippen LogP) is 3.69. The first-order chi connectivity index (χ1) is 11.9. The number of hydrogen-bond donors (Lipinski definition) is 1. The third-order valence-corrected chi connectivity index (χ3v) is 4.96. The first-order valence-electron chi connectivity index (χ1n) is 8.01. The molecule has 3 heterocycles. The number of alkyl halides is 3. The molecule has 4 nitrogen and oxygen atoms in total. The summed E-state index contributed by atoms with van der Waals surface area (Å²) in [6.07, 6.45) is -1.78. The minimum Gasteiger partial charge on any atom is -0.355 e. The van der Waals surface area contributed by atoms with Crippen LogP contribution in [0.3, 0.4) is 0 Å². The number of anilines is 1. The number of nitrogens with zero attached hydrogens (tertiary/aromatic N) is 2. The number of piperidine rings is 1. The molecule has 1 N–H and O–H groups in total. The predicted molar refractivity (Wildman–Crippen MR) is 90.3 cm³/mol. The second-order valence-corrected chi connectivity index (χ2v) is 6.79. The van der Waals surface area contributed by atoms with E-state index in [2.05, 4.69) is 10.3 Å². The largest absolute Gasteiger partial charge is 0.419 e. The van der Waals surface area contributed by atoms with Crippen LogP contribution in [0.2, 0.25) is 0 Å². The van der Waals surface area contributed by atoms with Crippen LogP contribution in [-0.2, 0) is 17.5 Å². The van der Waals surface area contributed by atoms with Crippen molar-refractivity contribution in [3.8, 4) is 0 Å². The average Bonchev–Trinajstić information content (AvgIpc) is 3.12. The van der Waals surface area contributed by atoms with Gasteiger partial charge in [-0.15, -0.1) is 0 Å². The van der Waals surface area contributed by atoms with E-state index in [1.165, 1.54) is 12.3 Å². The lowest BCUT2D eigenvalue weighted by molar-refractivity contribution is -0.137. The molecule has 8 heteroatoms. The maximum atomic E-state index is 13.2. The molecule has 1 amide bonds. The van der Waals surface area contributed by atoms with Crippen LogP contribution in [0.4, 0.5) is 19.0 Å². The fraction of sp³-hybridized carbons (Fsp3) is 0.412. The molecule has 0 spiro atoms. The Labute approximate surface area is 147 Å². The average molecular weight is 369 g/mol. The number of rotatable bonds is 4. The van der Waals surface area contributed by atoms with Crippen molar-refractivity contribution in [2.45, 2.75) is 25.6 Å². The van der Waals surface area contributed by atoms with Gasteiger partial charge in [-0.1, -0.05) is 0 Å². The number of halogens is 3. The number of nitrogens with one attached hydrogen (secondary N) is 1. The molecule has 1 atom stereocenters. The third-order valence-electron chi connectivity index (χ3n) is 4.23. The first-order valence-corrected chi connectivity index (χ1v) is 8.95. The van der Waals surface area contributed by atoms with Gasteiger partial charge < -0.3 is 10.2 Å². The van der Waals surface area contributed by atoms with Crippen molar-refractivity contribution in [2.75, 3.05) is 18.0 Å². The number of thiophene rings is 1. The Hall–Kier alpha value is -2.09. The molecule has 0 radical (unpaired) electrons. The maximum Gasteiger partial charge on any atom is 0.419 e. The topological polar surface area (TPSA) is 45.2 Å². The molecule has 2 aromatic rings. The zero-order valence-corrected chi connectivity index (χ0v) is 14.2. The van der Waals surface area contributed by atoms with Crippen LogP contribution in [0.25, 0.3) is 0 Å². The Morgan fingerprint density at radius 3 is 2.96 bits per heavy atom. The van der Waals surface area contributed by atoms with Gasteiger partial charge >= 0.3 is 6.18 Å². The van der Waals surface area contributed by atoms with Gasteiger partial charge in [0.25, 0.3) is 0 Å². The van der Waals surface area contributed by atoms with Crippen molar-refractivity contribution in [3.63, 3.8) is 0 Å². The Kier molecular flexibility index (Phi) is 5.27. The van der Waals surface area contributed by atoms with E-state index in [0.29, 0.717) is 25.9 Å². The van der Waals surface area contributed by atoms with Crippen molar-refractivity contribution < 1.29 is 18.0 Å². The molecule has 0 saturated carbocycles. The summed E-state index contributed by atoms with van der Waals surface area (Å²) >= 11 is 1.55. The van der Waals surface area contributed by atoms with Crippen LogP contribution >= 0.6 is 11.3 Å². The van der Waals surface area contributed by atoms with Gasteiger partial charge in [0.1, 0.15) is 5.82 Å². The second-order valence-electron chi connectivity index (χ2n) is 6.01. The lowest BCUT2D eigenvalue weighted by Crippen LogP contribution is -2.43. The number of hydrogen-bond acceptors (Lipinski definition) is 4. The Balaban J connectivity index is 1.68. The molecule has 1 unspecified atom stereocenters. The minimum absolute atomic E-state index is 0.0923. The summed E-state index contributed by atoms with van der Waals surface area (Å²) in [6, 6.07) is 4.24. The second kappa shape index (κ2) is 7.43. The molecule has 25 heavy (non-hydrogen) atoms. The molecule has 3 rings (SSSR count). The molecule has 1 fully saturated rings. The van der Waals surface area contributed by atoms with Crippen molar-refractivity contribution in [3.05, 3.63) is 46.3 Å². The van der Waals surface area contributed by atoms with Crippen LogP contribution < -0.4 is 10.2 Å². The van der Waals surface area contributed by atoms with Gasteiger partial charge in [0.05, 0.1) is 11.5 Å². The SMILES string of the molecule is O=C(NCc1ccsc1)C1CCCN(c2ncccc2C(F)(F)F)C1. The fourth-order valence-electron chi connectivity index (χ4n) is 2.98. The summed E-state index contributed by atoms with van der Waals surface area (Å²) in [6.45, 7) is 1.15. The maximum absolute atomic E-state index is 13.2. The summed E-state index contributed by atoms with van der Waals surface area (Å²) in [7, 11) is 0. The molecule has 0 aromatic carbocycles. The van der Waals surface area contributed by atoms with Gasteiger partial charge in [-0.05, 0) is 47.4 Å². The summed E-state index contributed by atoms with van der Waals surface area (Å²) in [5, 5.41) is 6.76. The zero-order valence-electron chi connectivity index (χ0n) is 13.4. The highest BCUT2D eigenvalue weighted by molar-refractivity contribution is 7.07. The van der Waals surface area contributed by atoms with Crippen molar-refractivity contribution >= 4 is 23.1 Å². The summed E-state index contributed by atoms with van der Waals surface area (Å²) in [4.78, 5) is 17.9. The van der Waals surface area contributed by atoms with Crippen molar-refractivity contribution in [1.82, 2.24) is 10.3 Å². The summed E-state index contributed by atoms with van der Waals surface area (Å²) < 4.78 is 39.6. The molecule has 0 aliphatic carbocycles. The monoisotopic (exact) mass is 369 g/mol. The van der Waals surface area contributed by atoms with E-state index in [-0.39, 0.29) is 24.2 Å². The molecule has 1 saturated heterocycles. The quantitative estimate of drug-likeness (QED) is 0.894. The van der Waals surface area contributed by atoms with Crippen LogP contribution in [0, 0.1) is 5.92 Å². The van der Waals surface area contributed by atoms with Gasteiger partial charge in [0, 0.05) is 25.8 Å². The first kappa shape index (κ1) is 17.7. The smallest absolute Gasteiger partial charge is 0.355 e. The van der Waals surface area contributed by atoms with E-state index < -0.39 is 11.7 Å². The molecule has 0 bridgehead atoms. The summed E-state index contributed by atoms with van der Waals surface area (Å²) in [5.41, 5.74) is 0.268. The summed E-state index contributed by atoms with van der Waals surface area (Å²) in [5.74, 6) is -0.554. The van der Waals surface area contributed by atoms with Crippen LogP contribution in [0.1, 0.15) is 24.0 Å². The van der Waals surface area contributed by atoms with Crippen LogP contribution in [-0.4, -0.2) is 24.0 Å². The molecule has 1 aliphatic rings. The highest BCUT2D eigenvalue weighted by Crippen LogP contribution is 2.36. The number of carbonyl (C=O) groups excluding carboxylic acids is 1. The fourth-order valence-corrected chi connectivity index (χ4v) is 3.65. The van der Waals surface area contributed by atoms with Crippen LogP contribution in [0.5, 0.6) is 0 Å². The standard InChI is InChI=1S/C17H18F3N3OS/c18-17(19,20)14-4-1-6-21-15(14)23-7-2-3-13(10-23)16(24)22-9-12-5-8-25-11-12/h1,4-6,8,11,13H,2-3,7,9-10H2,(H,22,24). The van der Waals surface area contributed by atoms with Gasteiger partial charge in [-0.25, -0.2) is 4.98 Å². The van der Waals surface area contributed by atoms with Crippen LogP contribution in [0.15, 0.2) is 35.2 Å². The molecule has 2 aromatic heterocycles. The molecular weight excluding hydrogens is 351 g/mol. The Morgan fingerprint density at radius 2 is 2.24 bits per heavy atom. The highest BCUT2D eigenvalue weighted by atomic mass is 32.1. The molecule has 134 valence electrons. The lowest BCUT2D eigenvalue weighted by atomic mass is 9.96. The van der Waals surface area contributed by atoms with E-state index in [9.17, 15) is 18.0 Å². The highest BCUT2D eigenvalue weighted by Gasteiger charge is 2.37. The van der Waals surface area contributed by atoms with E-state index in [0.717, 1.165) is 11.6 Å². The number of carbonyl (C=O) groups is 1. The van der Waals surface area contributed by atoms with E-state index in [1.807, 2.05) is 16.8 Å². The van der Waals surface area contributed by atoms with Crippen molar-refractivity contribution in [1.29, 1.82) is 0 Å². The molecular formula is C17H18F3N3OS. The number of aromatic nitrogens is 1. The van der Waals surface area contributed by atoms with E-state index in [4.69, 9.17) is 0 Å². The van der Waals surface area contributed by atoms with Gasteiger partial charge in [-0.2, -0.15) is 24.5 Å². The Bertz CT molecular complexity index is 718. The van der Waals surface area contributed by atoms with Crippen molar-refractivity contribution in [2.24, 2.45) is 5.92 Å². The number of pyridine rings is 1. The normalized spacial score (nSPS) is 18.2. The van der Waals surface area contributed by atoms with E-state index in [1.54, 1.807) is 16.2 Å².